The first kappa shape index (κ1) is 26.7. The van der Waals surface area contributed by atoms with Crippen LogP contribution in [0.5, 0.6) is 0 Å². The van der Waals surface area contributed by atoms with Crippen LogP contribution in [0.4, 0.5) is 5.13 Å². The average Bonchev–Trinajstić information content (AvgIpc) is 3.12. The normalized spacial score (nSPS) is 20.8. The van der Waals surface area contributed by atoms with Crippen molar-refractivity contribution in [2.24, 2.45) is 5.16 Å². The van der Waals surface area contributed by atoms with E-state index in [9.17, 15) is 19.5 Å². The topological polar surface area (TPSA) is 147 Å². The fourth-order valence-corrected chi connectivity index (χ4v) is 5.99. The first-order valence-electron chi connectivity index (χ1n) is 9.03. The molecule has 176 valence electrons. The van der Waals surface area contributed by atoms with Crippen LogP contribution in [0.1, 0.15) is 5.69 Å². The van der Waals surface area contributed by atoms with Crippen LogP contribution in [0.15, 0.2) is 20.5 Å². The summed E-state index contributed by atoms with van der Waals surface area (Å²) in [5.41, 5.74) is 5.70. The number of nitrogens with one attached hydrogen (secondary N) is 1. The highest BCUT2D eigenvalue weighted by Gasteiger charge is 2.54. The molecule has 0 saturated carbocycles. The molecule has 0 radical (unpaired) electrons. The number of carbonyl (C=O) groups excluding carboxylic acids is 2. The Morgan fingerprint density at radius 3 is 2.69 bits per heavy atom. The van der Waals surface area contributed by atoms with E-state index in [0.29, 0.717) is 20.3 Å². The third-order valence-corrected chi connectivity index (χ3v) is 7.98. The van der Waals surface area contributed by atoms with Gasteiger partial charge >= 0.3 is 5.97 Å². The van der Waals surface area contributed by atoms with Gasteiger partial charge in [0.1, 0.15) is 24.7 Å². The quantitative estimate of drug-likeness (QED) is 0.0705. The summed E-state index contributed by atoms with van der Waals surface area (Å²) in [5.74, 6) is -1.18. The number of nitrogens with zero attached hydrogens (tertiary/aromatic N) is 4. The predicted octanol–water partition coefficient (Wildman–Crippen LogP) is -2.83. The van der Waals surface area contributed by atoms with Crippen molar-refractivity contribution in [2.75, 3.05) is 45.6 Å². The lowest BCUT2D eigenvalue weighted by molar-refractivity contribution is -0.857. The first-order chi connectivity index (χ1) is 14.5. The van der Waals surface area contributed by atoms with Crippen LogP contribution in [0.2, 0.25) is 0 Å². The second kappa shape index (κ2) is 10.6. The smallest absolute Gasteiger partial charge is 0.354 e. The summed E-state index contributed by atoms with van der Waals surface area (Å²) < 4.78 is 1.23. The Bertz CT molecular complexity index is 976. The zero-order chi connectivity index (χ0) is 22.9. The zero-order valence-corrected chi connectivity index (χ0v) is 22.3. The van der Waals surface area contributed by atoms with Gasteiger partial charge in [-0.05, 0) is 0 Å². The molecule has 1 aromatic heterocycles. The molecule has 11 nitrogen and oxygen atoms in total. The minimum absolute atomic E-state index is 0. The summed E-state index contributed by atoms with van der Waals surface area (Å²) in [4.78, 5) is 47.5. The molecule has 4 N–H and O–H groups in total. The van der Waals surface area contributed by atoms with Crippen molar-refractivity contribution in [3.8, 4) is 0 Å². The van der Waals surface area contributed by atoms with E-state index in [-0.39, 0.29) is 46.2 Å². The van der Waals surface area contributed by atoms with Gasteiger partial charge in [-0.25, -0.2) is 9.78 Å². The van der Waals surface area contributed by atoms with E-state index in [2.05, 4.69) is 15.5 Å². The molecule has 2 unspecified atom stereocenters. The van der Waals surface area contributed by atoms with E-state index in [1.165, 1.54) is 35.5 Å². The molecule has 0 bridgehead atoms. The van der Waals surface area contributed by atoms with Gasteiger partial charge in [-0.1, -0.05) is 16.9 Å². The fraction of sp³-hybridized carbons (Fsp3) is 0.471. The Kier molecular flexibility index (Phi) is 8.82. The zero-order valence-electron chi connectivity index (χ0n) is 17.7. The largest absolute Gasteiger partial charge is 1.00 e. The summed E-state index contributed by atoms with van der Waals surface area (Å²) in [7, 11) is 7.29. The molecule has 1 saturated heterocycles. The molecular weight excluding hydrogens is 591 g/mol. The van der Waals surface area contributed by atoms with Crippen LogP contribution >= 0.6 is 34.9 Å². The number of hydrogen-bond acceptors (Lipinski definition) is 10. The summed E-state index contributed by atoms with van der Waals surface area (Å²) >= 11 is 3.93. The van der Waals surface area contributed by atoms with E-state index < -0.39 is 29.9 Å². The maximum atomic E-state index is 12.8. The molecule has 0 aliphatic carbocycles. The minimum atomic E-state index is -1.17. The monoisotopic (exact) mass is 614 g/mol. The molecule has 3 heterocycles. The molecule has 3 rings (SSSR count). The molecule has 2 atom stereocenters. The van der Waals surface area contributed by atoms with Gasteiger partial charge in [0.15, 0.2) is 16.5 Å². The van der Waals surface area contributed by atoms with E-state index in [1.54, 1.807) is 5.38 Å². The number of carboxylic acids is 1. The van der Waals surface area contributed by atoms with Gasteiger partial charge < -0.3 is 49.5 Å². The number of thioether (sulfide) groups is 2. The molecule has 0 aromatic carbocycles. The second-order valence-electron chi connectivity index (χ2n) is 7.74. The summed E-state index contributed by atoms with van der Waals surface area (Å²) in [6, 6.07) is -1.33. The molecule has 1 aromatic rings. The summed E-state index contributed by atoms with van der Waals surface area (Å²) in [6.45, 7) is 0. The molecule has 15 heteroatoms. The number of aliphatic carboxylic acids is 1. The van der Waals surface area contributed by atoms with Gasteiger partial charge in [-0.15, -0.1) is 23.1 Å². The highest BCUT2D eigenvalue weighted by Crippen LogP contribution is 2.44. The number of rotatable bonds is 8. The van der Waals surface area contributed by atoms with Crippen molar-refractivity contribution < 1.29 is 52.8 Å². The third kappa shape index (κ3) is 5.67. The number of aromatic nitrogens is 1. The third-order valence-electron chi connectivity index (χ3n) is 4.27. The molecular formula is C17H23IN6O5S3. The fourth-order valence-electron chi connectivity index (χ4n) is 2.93. The molecule has 2 aliphatic rings. The van der Waals surface area contributed by atoms with Gasteiger partial charge in [-0.3, -0.25) is 14.5 Å². The predicted molar refractivity (Wildman–Crippen MR) is 120 cm³/mol. The number of nitrogen functional groups attached to an aromatic ring is 1. The SMILES string of the molecule is CON=C(C(=O)NC1C(=O)N2C(C(=O)O)=C(SC[N+](C)(C)C)SCC12)c1csc(N)n1.[I-]. The lowest BCUT2D eigenvalue weighted by Crippen LogP contribution is -3.00. The van der Waals surface area contributed by atoms with Crippen LogP contribution < -0.4 is 35.0 Å². The number of carbonyl (C=O) groups is 3. The Hall–Kier alpha value is -1.56. The van der Waals surface area contributed by atoms with Crippen molar-refractivity contribution in [1.29, 1.82) is 0 Å². The maximum absolute atomic E-state index is 12.8. The molecule has 1 fully saturated rings. The summed E-state index contributed by atoms with van der Waals surface area (Å²) in [5, 5.41) is 17.9. The number of halogens is 1. The highest BCUT2D eigenvalue weighted by molar-refractivity contribution is 8.22. The number of quaternary nitrogens is 1. The number of amides is 2. The number of oxime groups is 1. The van der Waals surface area contributed by atoms with Crippen LogP contribution in [-0.4, -0.2) is 94.9 Å². The number of β-lactam (4-membered cyclic amide) rings is 1. The number of anilines is 1. The molecule has 32 heavy (non-hydrogen) atoms. The van der Waals surface area contributed by atoms with E-state index in [0.717, 1.165) is 11.3 Å². The number of thiazole rings is 1. The van der Waals surface area contributed by atoms with E-state index >= 15 is 0 Å². The second-order valence-corrected chi connectivity index (χ2v) is 10.9. The van der Waals surface area contributed by atoms with Gasteiger partial charge in [0.25, 0.3) is 11.8 Å². The standard InChI is InChI=1S/C17H22N6O5S3.HI/c1-23(2,3)7-31-16-12(15(26)27)22-9(6-29-16)11(14(22)25)20-13(24)10(21-28-4)8-5-30-17(18)19-8;/h5,9,11H,6-7H2,1-4H3,(H3-,18,19,20,24,26,27);1H. The number of fused-ring (bicyclic) bond motifs is 1. The van der Waals surface area contributed by atoms with Gasteiger partial charge in [-0.2, -0.15) is 0 Å². The average molecular weight is 615 g/mol. The van der Waals surface area contributed by atoms with Crippen molar-refractivity contribution in [1.82, 2.24) is 15.2 Å². The van der Waals surface area contributed by atoms with Crippen LogP contribution in [0, 0.1) is 0 Å². The van der Waals surface area contributed by atoms with E-state index in [1.807, 2.05) is 21.1 Å². The Morgan fingerprint density at radius 2 is 2.16 bits per heavy atom. The van der Waals surface area contributed by atoms with Crippen molar-refractivity contribution in [2.45, 2.75) is 12.1 Å². The number of nitrogens with two attached hydrogens (primary N) is 1. The number of hydrogen-bond donors (Lipinski definition) is 3. The Balaban J connectivity index is 0.00000363. The van der Waals surface area contributed by atoms with Gasteiger partial charge in [0.05, 0.1) is 31.4 Å². The van der Waals surface area contributed by atoms with Crippen molar-refractivity contribution >= 4 is 63.5 Å². The first-order valence-corrected chi connectivity index (χ1v) is 11.9. The van der Waals surface area contributed by atoms with Crippen LogP contribution in [0.3, 0.4) is 0 Å². The molecule has 2 aliphatic heterocycles. The van der Waals surface area contributed by atoms with Crippen LogP contribution in [0.25, 0.3) is 0 Å². The van der Waals surface area contributed by atoms with Crippen molar-refractivity contribution in [3.63, 3.8) is 0 Å². The molecule has 0 spiro atoms. The summed E-state index contributed by atoms with van der Waals surface area (Å²) in [6.07, 6.45) is 0. The minimum Gasteiger partial charge on any atom is -1.00 e. The van der Waals surface area contributed by atoms with Crippen LogP contribution in [-0.2, 0) is 19.2 Å². The number of carboxylic acid groups (broad SMARTS) is 1. The Morgan fingerprint density at radius 1 is 1.47 bits per heavy atom. The Labute approximate surface area is 214 Å². The van der Waals surface area contributed by atoms with E-state index in [4.69, 9.17) is 10.6 Å². The van der Waals surface area contributed by atoms with Crippen molar-refractivity contribution in [3.05, 3.63) is 21.0 Å². The van der Waals surface area contributed by atoms with Gasteiger partial charge in [0.2, 0.25) is 0 Å². The maximum Gasteiger partial charge on any atom is 0.354 e. The molecule has 2 amide bonds. The van der Waals surface area contributed by atoms with Gasteiger partial charge in [0, 0.05) is 11.1 Å². The highest BCUT2D eigenvalue weighted by atomic mass is 127. The lowest BCUT2D eigenvalue weighted by Gasteiger charge is -2.49. The lowest BCUT2D eigenvalue weighted by atomic mass is 9.95.